The van der Waals surface area contributed by atoms with Crippen LogP contribution in [0.3, 0.4) is 0 Å². The Balaban J connectivity index is 2.20. The molecular weight excluding hydrogens is 244 g/mol. The van der Waals surface area contributed by atoms with Gasteiger partial charge < -0.3 is 14.9 Å². The maximum atomic E-state index is 12.1. The van der Waals surface area contributed by atoms with Crippen LogP contribution in [0.4, 0.5) is 0 Å². The van der Waals surface area contributed by atoms with Crippen LogP contribution in [0, 0.1) is 29.6 Å². The van der Waals surface area contributed by atoms with Gasteiger partial charge in [0.2, 0.25) is 0 Å². The first-order valence-corrected chi connectivity index (χ1v) is 7.22. The Labute approximate surface area is 114 Å². The number of carbonyl (C=O) groups is 1. The summed E-state index contributed by atoms with van der Waals surface area (Å²) in [4.78, 5) is 12.1. The average Bonchev–Trinajstić information content (AvgIpc) is 2.39. The number of esters is 1. The minimum atomic E-state index is -0.530. The summed E-state index contributed by atoms with van der Waals surface area (Å²) >= 11 is 0. The van der Waals surface area contributed by atoms with E-state index >= 15 is 0 Å². The van der Waals surface area contributed by atoms with Crippen molar-refractivity contribution in [2.45, 2.75) is 32.8 Å². The third kappa shape index (κ3) is 2.84. The number of hydrogen-bond acceptors (Lipinski definition) is 4. The molecule has 2 aliphatic rings. The molecule has 0 amide bonds. The highest BCUT2D eigenvalue weighted by molar-refractivity contribution is 5.74. The Kier molecular flexibility index (Phi) is 4.63. The lowest BCUT2D eigenvalue weighted by molar-refractivity contribution is -0.157. The summed E-state index contributed by atoms with van der Waals surface area (Å²) in [6.45, 7) is 4.28. The number of ether oxygens (including phenoxy) is 1. The third-order valence-electron chi connectivity index (χ3n) is 4.58. The summed E-state index contributed by atoms with van der Waals surface area (Å²) < 4.78 is 5.17. The molecule has 2 N–H and O–H groups in total. The van der Waals surface area contributed by atoms with Crippen LogP contribution in [0.2, 0.25) is 0 Å². The van der Waals surface area contributed by atoms with E-state index in [-0.39, 0.29) is 42.2 Å². The third-order valence-corrected chi connectivity index (χ3v) is 4.58. The smallest absolute Gasteiger partial charge is 0.309 e. The van der Waals surface area contributed by atoms with E-state index in [0.717, 1.165) is 6.42 Å². The van der Waals surface area contributed by atoms with Crippen molar-refractivity contribution in [3.05, 3.63) is 12.2 Å². The molecule has 1 saturated carbocycles. The molecule has 0 bridgehead atoms. The van der Waals surface area contributed by atoms with E-state index in [0.29, 0.717) is 13.0 Å². The lowest BCUT2D eigenvalue weighted by Gasteiger charge is -2.45. The fraction of sp³-hybridized carbons (Fsp3) is 0.800. The summed E-state index contributed by atoms with van der Waals surface area (Å²) in [5, 5.41) is 19.6. The molecule has 2 rings (SSSR count). The molecule has 0 radical (unpaired) electrons. The van der Waals surface area contributed by atoms with Crippen molar-refractivity contribution in [3.63, 3.8) is 0 Å². The van der Waals surface area contributed by atoms with Crippen LogP contribution >= 0.6 is 0 Å². The Morgan fingerprint density at radius 1 is 1.37 bits per heavy atom. The van der Waals surface area contributed by atoms with Gasteiger partial charge in [0.1, 0.15) is 0 Å². The molecule has 0 aromatic heterocycles. The molecule has 0 saturated heterocycles. The molecule has 0 aromatic rings. The zero-order valence-corrected chi connectivity index (χ0v) is 11.7. The topological polar surface area (TPSA) is 66.8 Å². The minimum Gasteiger partial charge on any atom is -0.466 e. The second kappa shape index (κ2) is 6.06. The molecule has 1 fully saturated rings. The predicted octanol–water partition coefficient (Wildman–Crippen LogP) is 1.37. The standard InChI is InChI=1S/C15H24O4/c1-3-19-15(18)13-9(2)4-5-11-6-10(8-16)7-12(17)14(11)13/h4-5,9-14,16-17H,3,6-8H2,1-2H3/t9-,10-,11-,12-,13-,14+/m0/s1. The van der Waals surface area contributed by atoms with Crippen molar-refractivity contribution in [1.82, 2.24) is 0 Å². The molecular formula is C15H24O4. The lowest BCUT2D eigenvalue weighted by atomic mass is 9.62. The highest BCUT2D eigenvalue weighted by Gasteiger charge is 2.47. The first kappa shape index (κ1) is 14.5. The maximum Gasteiger partial charge on any atom is 0.309 e. The number of allylic oxidation sites excluding steroid dienone is 2. The summed E-state index contributed by atoms with van der Waals surface area (Å²) in [6.07, 6.45) is 5.05. The molecule has 0 spiro atoms. The maximum absolute atomic E-state index is 12.1. The quantitative estimate of drug-likeness (QED) is 0.599. The summed E-state index contributed by atoms with van der Waals surface area (Å²) in [5.41, 5.74) is 0. The number of rotatable bonds is 3. The van der Waals surface area contributed by atoms with Crippen LogP contribution in [-0.2, 0) is 9.53 Å². The Hall–Kier alpha value is -0.870. The zero-order valence-electron chi connectivity index (χ0n) is 11.7. The number of carbonyl (C=O) groups excluding carboxylic acids is 1. The van der Waals surface area contributed by atoms with E-state index < -0.39 is 6.10 Å². The van der Waals surface area contributed by atoms with Gasteiger partial charge in [0, 0.05) is 12.5 Å². The van der Waals surface area contributed by atoms with Gasteiger partial charge in [0.25, 0.3) is 0 Å². The van der Waals surface area contributed by atoms with Crippen molar-refractivity contribution in [2.75, 3.05) is 13.2 Å². The molecule has 6 atom stereocenters. The van der Waals surface area contributed by atoms with Gasteiger partial charge in [-0.15, -0.1) is 0 Å². The highest BCUT2D eigenvalue weighted by atomic mass is 16.5. The number of hydrogen-bond donors (Lipinski definition) is 2. The molecule has 19 heavy (non-hydrogen) atoms. The van der Waals surface area contributed by atoms with Gasteiger partial charge in [0.05, 0.1) is 18.6 Å². The van der Waals surface area contributed by atoms with E-state index in [2.05, 4.69) is 12.2 Å². The molecule has 0 unspecified atom stereocenters. The Morgan fingerprint density at radius 3 is 2.74 bits per heavy atom. The van der Waals surface area contributed by atoms with Gasteiger partial charge in [-0.1, -0.05) is 19.1 Å². The zero-order chi connectivity index (χ0) is 14.0. The van der Waals surface area contributed by atoms with Crippen molar-refractivity contribution in [3.8, 4) is 0 Å². The van der Waals surface area contributed by atoms with E-state index in [1.807, 2.05) is 6.92 Å². The van der Waals surface area contributed by atoms with Gasteiger partial charge in [0.15, 0.2) is 0 Å². The Bertz CT molecular complexity index is 352. The first-order valence-electron chi connectivity index (χ1n) is 7.22. The highest BCUT2D eigenvalue weighted by Crippen LogP contribution is 2.45. The van der Waals surface area contributed by atoms with Gasteiger partial charge in [-0.2, -0.15) is 0 Å². The van der Waals surface area contributed by atoms with E-state index in [9.17, 15) is 15.0 Å². The molecule has 4 nitrogen and oxygen atoms in total. The predicted molar refractivity (Wildman–Crippen MR) is 71.2 cm³/mol. The molecule has 0 aliphatic heterocycles. The van der Waals surface area contributed by atoms with Crippen molar-refractivity contribution in [2.24, 2.45) is 29.6 Å². The van der Waals surface area contributed by atoms with Crippen molar-refractivity contribution >= 4 is 5.97 Å². The minimum absolute atomic E-state index is 0.0677. The van der Waals surface area contributed by atoms with Gasteiger partial charge in [-0.05, 0) is 37.5 Å². The SMILES string of the molecule is CCOC(=O)[C@@H]1[C@H]2[C@@H](O)C[C@@H](CO)C[C@@H]2C=C[C@@H]1C. The van der Waals surface area contributed by atoms with Gasteiger partial charge in [-0.25, -0.2) is 0 Å². The van der Waals surface area contributed by atoms with E-state index in [1.165, 1.54) is 0 Å². The Morgan fingerprint density at radius 2 is 2.11 bits per heavy atom. The van der Waals surface area contributed by atoms with Crippen molar-refractivity contribution in [1.29, 1.82) is 0 Å². The second-order valence-electron chi connectivity index (χ2n) is 5.85. The van der Waals surface area contributed by atoms with Crippen LogP contribution in [0.25, 0.3) is 0 Å². The first-order chi connectivity index (χ1) is 9.08. The second-order valence-corrected chi connectivity index (χ2v) is 5.85. The van der Waals surface area contributed by atoms with Crippen LogP contribution < -0.4 is 0 Å². The average molecular weight is 268 g/mol. The fourth-order valence-corrected chi connectivity index (χ4v) is 3.68. The summed E-state index contributed by atoms with van der Waals surface area (Å²) in [7, 11) is 0. The molecule has 4 heteroatoms. The van der Waals surface area contributed by atoms with Crippen LogP contribution in [-0.4, -0.2) is 35.5 Å². The number of fused-ring (bicyclic) bond motifs is 1. The lowest BCUT2D eigenvalue weighted by Crippen LogP contribution is -2.47. The molecule has 0 heterocycles. The van der Waals surface area contributed by atoms with Gasteiger partial charge in [-0.3, -0.25) is 4.79 Å². The fourth-order valence-electron chi connectivity index (χ4n) is 3.68. The van der Waals surface area contributed by atoms with Crippen LogP contribution in [0.15, 0.2) is 12.2 Å². The number of aliphatic hydroxyl groups is 2. The molecule has 2 aliphatic carbocycles. The van der Waals surface area contributed by atoms with Crippen molar-refractivity contribution < 1.29 is 19.7 Å². The van der Waals surface area contributed by atoms with E-state index in [1.54, 1.807) is 6.92 Å². The largest absolute Gasteiger partial charge is 0.466 e. The monoisotopic (exact) mass is 268 g/mol. The van der Waals surface area contributed by atoms with E-state index in [4.69, 9.17) is 4.74 Å². The normalized spacial score (nSPS) is 41.7. The van der Waals surface area contributed by atoms with Gasteiger partial charge >= 0.3 is 5.97 Å². The van der Waals surface area contributed by atoms with Crippen LogP contribution in [0.1, 0.15) is 26.7 Å². The number of aliphatic hydroxyl groups excluding tert-OH is 2. The molecule has 108 valence electrons. The summed E-state index contributed by atoms with van der Waals surface area (Å²) in [6, 6.07) is 0. The van der Waals surface area contributed by atoms with Crippen LogP contribution in [0.5, 0.6) is 0 Å². The molecule has 0 aromatic carbocycles. The summed E-state index contributed by atoms with van der Waals surface area (Å²) in [5.74, 6) is -0.119.